The average Bonchev–Trinajstić information content (AvgIpc) is 2.82. The van der Waals surface area contributed by atoms with Crippen LogP contribution in [0.2, 0.25) is 0 Å². The van der Waals surface area contributed by atoms with E-state index in [1.165, 1.54) is 44.9 Å². The van der Waals surface area contributed by atoms with Crippen LogP contribution < -0.4 is 5.32 Å². The number of hydrogen-bond acceptors (Lipinski definition) is 4. The Labute approximate surface area is 129 Å². The van der Waals surface area contributed by atoms with E-state index in [9.17, 15) is 0 Å². The summed E-state index contributed by atoms with van der Waals surface area (Å²) >= 11 is 0. The van der Waals surface area contributed by atoms with E-state index in [-0.39, 0.29) is 5.54 Å². The molecule has 0 saturated heterocycles. The first-order chi connectivity index (χ1) is 10.0. The van der Waals surface area contributed by atoms with Crippen LogP contribution in [0.1, 0.15) is 89.8 Å². The third-order valence-corrected chi connectivity index (χ3v) is 4.16. The molecule has 21 heavy (non-hydrogen) atoms. The average molecular weight is 293 g/mol. The van der Waals surface area contributed by atoms with Gasteiger partial charge < -0.3 is 9.73 Å². The van der Waals surface area contributed by atoms with Crippen molar-refractivity contribution in [2.75, 3.05) is 6.54 Å². The van der Waals surface area contributed by atoms with E-state index in [0.717, 1.165) is 31.2 Å². The van der Waals surface area contributed by atoms with Crippen LogP contribution in [-0.2, 0) is 6.42 Å². The summed E-state index contributed by atoms with van der Waals surface area (Å²) in [6.45, 7) is 7.55. The Morgan fingerprint density at radius 2 is 1.71 bits per heavy atom. The maximum atomic E-state index is 5.90. The van der Waals surface area contributed by atoms with Crippen LogP contribution in [0, 0.1) is 0 Å². The molecule has 0 amide bonds. The van der Waals surface area contributed by atoms with E-state index in [4.69, 9.17) is 4.42 Å². The Morgan fingerprint density at radius 1 is 1.05 bits per heavy atom. The van der Waals surface area contributed by atoms with Gasteiger partial charge in [-0.05, 0) is 46.6 Å². The molecular formula is C17H31N3O. The molecule has 0 spiro atoms. The maximum absolute atomic E-state index is 5.90. The second-order valence-electron chi connectivity index (χ2n) is 7.36. The first-order valence-electron chi connectivity index (χ1n) is 8.62. The van der Waals surface area contributed by atoms with Gasteiger partial charge in [0, 0.05) is 17.9 Å². The van der Waals surface area contributed by atoms with Crippen molar-refractivity contribution in [2.24, 2.45) is 0 Å². The second-order valence-corrected chi connectivity index (χ2v) is 7.36. The molecule has 1 fully saturated rings. The highest BCUT2D eigenvalue weighted by molar-refractivity contribution is 4.92. The molecule has 0 radical (unpaired) electrons. The van der Waals surface area contributed by atoms with Crippen LogP contribution in [0.25, 0.3) is 0 Å². The SMILES string of the molecule is CC(C)(C)NCCCc1nnc(C2CCCCCCC2)o1. The molecule has 120 valence electrons. The van der Waals surface area contributed by atoms with Gasteiger partial charge in [0.2, 0.25) is 11.8 Å². The fourth-order valence-electron chi connectivity index (χ4n) is 2.94. The normalized spacial score (nSPS) is 18.4. The number of aromatic nitrogens is 2. The van der Waals surface area contributed by atoms with Gasteiger partial charge in [-0.1, -0.05) is 32.1 Å². The summed E-state index contributed by atoms with van der Waals surface area (Å²) in [6, 6.07) is 0. The predicted octanol–water partition coefficient (Wildman–Crippen LogP) is 4.22. The first-order valence-corrected chi connectivity index (χ1v) is 8.62. The van der Waals surface area contributed by atoms with Gasteiger partial charge >= 0.3 is 0 Å². The lowest BCUT2D eigenvalue weighted by Gasteiger charge is -2.20. The van der Waals surface area contributed by atoms with Gasteiger partial charge in [-0.25, -0.2) is 0 Å². The van der Waals surface area contributed by atoms with Gasteiger partial charge in [0.05, 0.1) is 0 Å². The summed E-state index contributed by atoms with van der Waals surface area (Å²) in [5.41, 5.74) is 0.179. The predicted molar refractivity (Wildman–Crippen MR) is 85.4 cm³/mol. The molecule has 1 aromatic heterocycles. The molecular weight excluding hydrogens is 262 g/mol. The minimum Gasteiger partial charge on any atom is -0.425 e. The molecule has 0 aliphatic heterocycles. The van der Waals surface area contributed by atoms with Crippen molar-refractivity contribution in [3.63, 3.8) is 0 Å². The summed E-state index contributed by atoms with van der Waals surface area (Å²) in [7, 11) is 0. The zero-order chi connectivity index (χ0) is 15.1. The summed E-state index contributed by atoms with van der Waals surface area (Å²) in [4.78, 5) is 0. The Kier molecular flexibility index (Phi) is 6.22. The lowest BCUT2D eigenvalue weighted by atomic mass is 9.91. The minimum absolute atomic E-state index is 0.179. The highest BCUT2D eigenvalue weighted by Crippen LogP contribution is 2.30. The molecule has 0 atom stereocenters. The van der Waals surface area contributed by atoms with Gasteiger partial charge in [-0.15, -0.1) is 10.2 Å². The van der Waals surface area contributed by atoms with Gasteiger partial charge in [0.1, 0.15) is 0 Å². The lowest BCUT2D eigenvalue weighted by Crippen LogP contribution is -2.36. The van der Waals surface area contributed by atoms with Gasteiger partial charge in [-0.2, -0.15) is 0 Å². The molecule has 1 heterocycles. The molecule has 4 nitrogen and oxygen atoms in total. The standard InChI is InChI=1S/C17H31N3O/c1-17(2,3)18-13-9-12-15-19-20-16(21-15)14-10-7-5-4-6-8-11-14/h14,18H,4-13H2,1-3H3. The molecule has 1 saturated carbocycles. The molecule has 1 N–H and O–H groups in total. The van der Waals surface area contributed by atoms with Gasteiger partial charge in [0.15, 0.2) is 0 Å². The summed E-state index contributed by atoms with van der Waals surface area (Å²) in [5, 5.41) is 12.0. The molecule has 0 unspecified atom stereocenters. The molecule has 1 aliphatic carbocycles. The Hall–Kier alpha value is -0.900. The number of aryl methyl sites for hydroxylation is 1. The van der Waals surface area contributed by atoms with Crippen LogP contribution in [0.15, 0.2) is 4.42 Å². The monoisotopic (exact) mass is 293 g/mol. The van der Waals surface area contributed by atoms with Crippen molar-refractivity contribution < 1.29 is 4.42 Å². The lowest BCUT2D eigenvalue weighted by molar-refractivity contribution is 0.358. The van der Waals surface area contributed by atoms with E-state index < -0.39 is 0 Å². The molecule has 2 rings (SSSR count). The van der Waals surface area contributed by atoms with Crippen LogP contribution in [-0.4, -0.2) is 22.3 Å². The number of hydrogen-bond donors (Lipinski definition) is 1. The molecule has 0 aromatic carbocycles. The minimum atomic E-state index is 0.179. The van der Waals surface area contributed by atoms with E-state index in [2.05, 4.69) is 36.3 Å². The van der Waals surface area contributed by atoms with Crippen molar-refractivity contribution in [3.05, 3.63) is 11.8 Å². The van der Waals surface area contributed by atoms with E-state index in [0.29, 0.717) is 5.92 Å². The number of rotatable bonds is 5. The van der Waals surface area contributed by atoms with Crippen LogP contribution in [0.4, 0.5) is 0 Å². The quantitative estimate of drug-likeness (QED) is 0.826. The van der Waals surface area contributed by atoms with E-state index in [1.54, 1.807) is 0 Å². The zero-order valence-corrected chi connectivity index (χ0v) is 14.0. The molecule has 4 heteroatoms. The Morgan fingerprint density at radius 3 is 2.38 bits per heavy atom. The van der Waals surface area contributed by atoms with Gasteiger partial charge in [0.25, 0.3) is 0 Å². The topological polar surface area (TPSA) is 51.0 Å². The fourth-order valence-corrected chi connectivity index (χ4v) is 2.94. The summed E-state index contributed by atoms with van der Waals surface area (Å²) < 4.78 is 5.90. The van der Waals surface area contributed by atoms with Crippen molar-refractivity contribution in [1.29, 1.82) is 0 Å². The third kappa shape index (κ3) is 6.16. The van der Waals surface area contributed by atoms with Crippen molar-refractivity contribution in [1.82, 2.24) is 15.5 Å². The zero-order valence-electron chi connectivity index (χ0n) is 14.0. The molecule has 1 aliphatic rings. The third-order valence-electron chi connectivity index (χ3n) is 4.16. The highest BCUT2D eigenvalue weighted by Gasteiger charge is 2.19. The Bertz CT molecular complexity index is 400. The van der Waals surface area contributed by atoms with Crippen LogP contribution in [0.5, 0.6) is 0 Å². The molecule has 1 aromatic rings. The van der Waals surface area contributed by atoms with Crippen molar-refractivity contribution in [3.8, 4) is 0 Å². The Balaban J connectivity index is 1.77. The summed E-state index contributed by atoms with van der Waals surface area (Å²) in [6.07, 6.45) is 11.1. The van der Waals surface area contributed by atoms with Gasteiger partial charge in [-0.3, -0.25) is 0 Å². The van der Waals surface area contributed by atoms with E-state index >= 15 is 0 Å². The van der Waals surface area contributed by atoms with Crippen molar-refractivity contribution >= 4 is 0 Å². The maximum Gasteiger partial charge on any atom is 0.219 e. The van der Waals surface area contributed by atoms with E-state index in [1.807, 2.05) is 0 Å². The largest absolute Gasteiger partial charge is 0.425 e. The fraction of sp³-hybridized carbons (Fsp3) is 0.882. The summed E-state index contributed by atoms with van der Waals surface area (Å²) in [5.74, 6) is 2.19. The highest BCUT2D eigenvalue weighted by atomic mass is 16.4. The number of nitrogens with one attached hydrogen (secondary N) is 1. The first kappa shape index (κ1) is 16.5. The van der Waals surface area contributed by atoms with Crippen LogP contribution >= 0.6 is 0 Å². The van der Waals surface area contributed by atoms with Crippen LogP contribution in [0.3, 0.4) is 0 Å². The smallest absolute Gasteiger partial charge is 0.219 e. The second kappa shape index (κ2) is 7.92. The number of nitrogens with zero attached hydrogens (tertiary/aromatic N) is 2. The van der Waals surface area contributed by atoms with Crippen molar-refractivity contribution in [2.45, 2.75) is 90.0 Å². The molecule has 0 bridgehead atoms.